The summed E-state index contributed by atoms with van der Waals surface area (Å²) in [5, 5.41) is 9.75. The predicted molar refractivity (Wildman–Crippen MR) is 136 cm³/mol. The van der Waals surface area contributed by atoms with Gasteiger partial charge in [0.25, 0.3) is 0 Å². The van der Waals surface area contributed by atoms with Gasteiger partial charge in [0.1, 0.15) is 10.7 Å². The minimum atomic E-state index is -3.62. The molecule has 188 valence electrons. The van der Waals surface area contributed by atoms with Crippen LogP contribution in [0.1, 0.15) is 32.6 Å². The van der Waals surface area contributed by atoms with Gasteiger partial charge in [0.2, 0.25) is 10.0 Å². The van der Waals surface area contributed by atoms with Crippen molar-refractivity contribution in [1.82, 2.24) is 23.9 Å². The molecule has 8 nitrogen and oxygen atoms in total. The largest absolute Gasteiger partial charge is 0.368 e. The van der Waals surface area contributed by atoms with Crippen molar-refractivity contribution in [2.24, 2.45) is 0 Å². The van der Waals surface area contributed by atoms with Crippen molar-refractivity contribution in [3.8, 4) is 5.69 Å². The number of piperazine rings is 1. The quantitative estimate of drug-likeness (QED) is 0.390. The zero-order valence-electron chi connectivity index (χ0n) is 20.2. The minimum absolute atomic E-state index is 0.279. The Labute approximate surface area is 210 Å². The fourth-order valence-corrected chi connectivity index (χ4v) is 7.27. The molecular weight excluding hydrogens is 479 g/mol. The van der Waals surface area contributed by atoms with Crippen LogP contribution in [-0.2, 0) is 16.6 Å². The number of benzene rings is 2. The van der Waals surface area contributed by atoms with Gasteiger partial charge in [0, 0.05) is 43.4 Å². The molecule has 2 aromatic carbocycles. The third-order valence-electron chi connectivity index (χ3n) is 7.51. The highest BCUT2D eigenvalue weighted by Crippen LogP contribution is 2.44. The van der Waals surface area contributed by atoms with E-state index in [4.69, 9.17) is 0 Å². The number of hydrogen-bond donors (Lipinski definition) is 0. The average Bonchev–Trinajstić information content (AvgIpc) is 3.51. The monoisotopic (exact) mass is 508 g/mol. The van der Waals surface area contributed by atoms with E-state index in [-0.39, 0.29) is 10.7 Å². The number of hydrogen-bond acceptors (Lipinski definition) is 5. The molecule has 36 heavy (non-hydrogen) atoms. The maximum Gasteiger partial charge on any atom is 0.246 e. The molecule has 2 aromatic heterocycles. The van der Waals surface area contributed by atoms with Gasteiger partial charge in [-0.2, -0.15) is 14.5 Å². The summed E-state index contributed by atoms with van der Waals surface area (Å²) in [5.41, 5.74) is 2.40. The molecule has 1 aliphatic heterocycles. The van der Waals surface area contributed by atoms with Crippen LogP contribution >= 0.6 is 0 Å². The number of rotatable bonds is 6. The van der Waals surface area contributed by atoms with E-state index in [9.17, 15) is 12.8 Å². The summed E-state index contributed by atoms with van der Waals surface area (Å²) in [5.74, 6) is -0.279. The SMILES string of the molecule is CCCn1cc(S(=O)(=O)N2CCN(c3ccc4c(cnn4-c4ccc(F)cc4)c3)CC23CCC3)cn1. The van der Waals surface area contributed by atoms with E-state index in [1.165, 1.54) is 18.3 Å². The highest BCUT2D eigenvalue weighted by atomic mass is 32.2. The lowest BCUT2D eigenvalue weighted by molar-refractivity contribution is 0.0767. The van der Waals surface area contributed by atoms with E-state index in [1.807, 2.05) is 19.2 Å². The standard InChI is InChI=1S/C26H29FN6O2S/c1-2-12-31-18-24(17-28-31)36(34,35)32-14-13-30(19-26(32)10-3-11-26)23-8-9-25-20(15-23)16-29-33(25)22-6-4-21(27)5-7-22/h4-9,15-18H,2-3,10-14,19H2,1H3. The Morgan fingerprint density at radius 2 is 1.78 bits per heavy atom. The van der Waals surface area contributed by atoms with Crippen LogP contribution in [0.2, 0.25) is 0 Å². The summed E-state index contributed by atoms with van der Waals surface area (Å²) in [4.78, 5) is 2.57. The number of halogens is 1. The van der Waals surface area contributed by atoms with Gasteiger partial charge < -0.3 is 4.90 Å². The second-order valence-corrected chi connectivity index (χ2v) is 11.7. The van der Waals surface area contributed by atoms with E-state index in [0.29, 0.717) is 26.2 Å². The molecule has 3 heterocycles. The van der Waals surface area contributed by atoms with Gasteiger partial charge in [-0.05, 0) is 68.1 Å². The van der Waals surface area contributed by atoms with Crippen molar-refractivity contribution in [2.75, 3.05) is 24.5 Å². The number of fused-ring (bicyclic) bond motifs is 1. The Bertz CT molecular complexity index is 1510. The highest BCUT2D eigenvalue weighted by Gasteiger charge is 2.51. The topological polar surface area (TPSA) is 76.3 Å². The lowest BCUT2D eigenvalue weighted by atomic mass is 9.75. The molecule has 0 atom stereocenters. The van der Waals surface area contributed by atoms with Gasteiger partial charge >= 0.3 is 0 Å². The van der Waals surface area contributed by atoms with E-state index < -0.39 is 15.6 Å². The first-order valence-corrected chi connectivity index (χ1v) is 13.9. The van der Waals surface area contributed by atoms with Crippen LogP contribution in [0, 0.1) is 5.82 Å². The van der Waals surface area contributed by atoms with Crippen LogP contribution in [0.5, 0.6) is 0 Å². The first kappa shape index (κ1) is 23.2. The van der Waals surface area contributed by atoms with Crippen LogP contribution in [0.15, 0.2) is 66.0 Å². The first-order chi connectivity index (χ1) is 17.4. The van der Waals surface area contributed by atoms with E-state index >= 15 is 0 Å². The summed E-state index contributed by atoms with van der Waals surface area (Å²) in [6.07, 6.45) is 8.60. The molecule has 1 saturated heterocycles. The fraction of sp³-hybridized carbons (Fsp3) is 0.385. The van der Waals surface area contributed by atoms with Gasteiger partial charge in [-0.1, -0.05) is 6.92 Å². The van der Waals surface area contributed by atoms with Crippen LogP contribution in [0.4, 0.5) is 10.1 Å². The number of aryl methyl sites for hydroxylation is 1. The highest BCUT2D eigenvalue weighted by molar-refractivity contribution is 7.89. The Morgan fingerprint density at radius 3 is 2.50 bits per heavy atom. The second kappa shape index (κ2) is 8.70. The van der Waals surface area contributed by atoms with Gasteiger partial charge in [0.05, 0.1) is 29.1 Å². The van der Waals surface area contributed by atoms with Crippen molar-refractivity contribution in [2.45, 2.75) is 49.6 Å². The van der Waals surface area contributed by atoms with Gasteiger partial charge in [0.15, 0.2) is 0 Å². The van der Waals surface area contributed by atoms with E-state index in [0.717, 1.165) is 48.0 Å². The molecule has 0 radical (unpaired) electrons. The molecular formula is C26H29FN6O2S. The summed E-state index contributed by atoms with van der Waals surface area (Å²) in [6.45, 7) is 4.46. The molecule has 0 N–H and O–H groups in total. The predicted octanol–water partition coefficient (Wildman–Crippen LogP) is 4.20. The molecule has 1 saturated carbocycles. The van der Waals surface area contributed by atoms with Crippen LogP contribution in [-0.4, -0.2) is 57.5 Å². The van der Waals surface area contributed by atoms with Crippen LogP contribution < -0.4 is 4.90 Å². The van der Waals surface area contributed by atoms with Gasteiger partial charge in [-0.3, -0.25) is 4.68 Å². The number of sulfonamides is 1. The summed E-state index contributed by atoms with van der Waals surface area (Å²) >= 11 is 0. The maximum atomic E-state index is 13.6. The first-order valence-electron chi connectivity index (χ1n) is 12.4. The maximum absolute atomic E-state index is 13.6. The number of anilines is 1. The zero-order valence-corrected chi connectivity index (χ0v) is 21.0. The smallest absolute Gasteiger partial charge is 0.246 e. The van der Waals surface area contributed by atoms with Crippen LogP contribution in [0.3, 0.4) is 0 Å². The third kappa shape index (κ3) is 3.79. The summed E-state index contributed by atoms with van der Waals surface area (Å²) < 4.78 is 45.8. The molecule has 1 spiro atoms. The van der Waals surface area contributed by atoms with Gasteiger partial charge in [-0.25, -0.2) is 17.5 Å². The van der Waals surface area contributed by atoms with E-state index in [1.54, 1.807) is 32.0 Å². The van der Waals surface area contributed by atoms with Crippen LogP contribution in [0.25, 0.3) is 16.6 Å². The molecule has 0 unspecified atom stereocenters. The lowest BCUT2D eigenvalue weighted by Gasteiger charge is -2.55. The van der Waals surface area contributed by atoms with Crippen molar-refractivity contribution < 1.29 is 12.8 Å². The molecule has 1 aliphatic carbocycles. The van der Waals surface area contributed by atoms with E-state index in [2.05, 4.69) is 27.2 Å². The molecule has 0 bridgehead atoms. The Hall–Kier alpha value is -3.24. The molecule has 6 rings (SSSR count). The molecule has 4 aromatic rings. The van der Waals surface area contributed by atoms with Crippen molar-refractivity contribution >= 4 is 26.6 Å². The molecule has 2 aliphatic rings. The number of aromatic nitrogens is 4. The van der Waals surface area contributed by atoms with Crippen molar-refractivity contribution in [1.29, 1.82) is 0 Å². The second-order valence-electron chi connectivity index (χ2n) is 9.79. The average molecular weight is 509 g/mol. The molecule has 2 fully saturated rings. The Kier molecular flexibility index (Phi) is 5.60. The Morgan fingerprint density at radius 1 is 1.00 bits per heavy atom. The lowest BCUT2D eigenvalue weighted by Crippen LogP contribution is -2.67. The summed E-state index contributed by atoms with van der Waals surface area (Å²) in [7, 11) is -3.62. The Balaban J connectivity index is 1.26. The molecule has 10 heteroatoms. The zero-order chi connectivity index (χ0) is 24.9. The third-order valence-corrected chi connectivity index (χ3v) is 9.47. The molecule has 0 amide bonds. The number of nitrogens with zero attached hydrogens (tertiary/aromatic N) is 6. The fourth-order valence-electron chi connectivity index (χ4n) is 5.51. The van der Waals surface area contributed by atoms with Gasteiger partial charge in [-0.15, -0.1) is 0 Å². The normalized spacial score (nSPS) is 18.1. The van der Waals surface area contributed by atoms with Crippen molar-refractivity contribution in [3.63, 3.8) is 0 Å². The minimum Gasteiger partial charge on any atom is -0.368 e. The summed E-state index contributed by atoms with van der Waals surface area (Å²) in [6, 6.07) is 12.5. The van der Waals surface area contributed by atoms with Crippen molar-refractivity contribution in [3.05, 3.63) is 66.9 Å².